The van der Waals surface area contributed by atoms with Gasteiger partial charge in [0.15, 0.2) is 0 Å². The van der Waals surface area contributed by atoms with Crippen molar-refractivity contribution in [2.45, 2.75) is 18.8 Å². The van der Waals surface area contributed by atoms with Gasteiger partial charge in [-0.25, -0.2) is 0 Å². The Morgan fingerprint density at radius 1 is 1.12 bits per heavy atom. The Morgan fingerprint density at radius 3 is 2.44 bits per heavy atom. The molecule has 0 bridgehead atoms. The minimum atomic E-state index is 0.0477. The van der Waals surface area contributed by atoms with Crippen LogP contribution in [0.15, 0.2) is 47.8 Å². The van der Waals surface area contributed by atoms with E-state index in [1.165, 1.54) is 10.4 Å². The molecule has 1 unspecified atom stereocenters. The molecule has 0 aliphatic rings. The minimum Gasteiger partial charge on any atom is -0.330 e. The summed E-state index contributed by atoms with van der Waals surface area (Å²) in [6, 6.07) is 14.8. The van der Waals surface area contributed by atoms with E-state index in [0.29, 0.717) is 6.54 Å². The molecule has 0 spiro atoms. The lowest BCUT2D eigenvalue weighted by atomic mass is 9.79. The smallest absolute Gasteiger partial charge is 0.00954 e. The van der Waals surface area contributed by atoms with E-state index in [2.05, 4.69) is 48.7 Å². The van der Waals surface area contributed by atoms with Gasteiger partial charge in [-0.2, -0.15) is 0 Å². The first kappa shape index (κ1) is 11.4. The highest BCUT2D eigenvalue weighted by Crippen LogP contribution is 2.28. The third kappa shape index (κ3) is 2.34. The van der Waals surface area contributed by atoms with Gasteiger partial charge in [-0.05, 0) is 23.4 Å². The highest BCUT2D eigenvalue weighted by Gasteiger charge is 2.25. The molecule has 0 saturated heterocycles. The van der Waals surface area contributed by atoms with Gasteiger partial charge in [0.25, 0.3) is 0 Å². The van der Waals surface area contributed by atoms with Gasteiger partial charge in [-0.15, -0.1) is 11.3 Å². The molecule has 2 N–H and O–H groups in total. The van der Waals surface area contributed by atoms with Crippen LogP contribution in [0.5, 0.6) is 0 Å². The molecular weight excluding hydrogens is 214 g/mol. The molecule has 1 aromatic carbocycles. The first-order valence-corrected chi connectivity index (χ1v) is 6.40. The van der Waals surface area contributed by atoms with E-state index in [0.717, 1.165) is 6.42 Å². The molecule has 0 fully saturated rings. The topological polar surface area (TPSA) is 26.0 Å². The van der Waals surface area contributed by atoms with E-state index >= 15 is 0 Å². The van der Waals surface area contributed by atoms with Crippen LogP contribution in [-0.4, -0.2) is 6.54 Å². The largest absolute Gasteiger partial charge is 0.330 e. The van der Waals surface area contributed by atoms with Crippen molar-refractivity contribution in [1.82, 2.24) is 0 Å². The van der Waals surface area contributed by atoms with Crippen LogP contribution < -0.4 is 5.73 Å². The van der Waals surface area contributed by atoms with E-state index in [9.17, 15) is 0 Å². The number of rotatable bonds is 4. The fourth-order valence-electron chi connectivity index (χ4n) is 1.93. The zero-order valence-electron chi connectivity index (χ0n) is 9.52. The van der Waals surface area contributed by atoms with Crippen LogP contribution in [0, 0.1) is 0 Å². The highest BCUT2D eigenvalue weighted by molar-refractivity contribution is 7.09. The van der Waals surface area contributed by atoms with Crippen LogP contribution in [0.4, 0.5) is 0 Å². The van der Waals surface area contributed by atoms with Gasteiger partial charge in [0.2, 0.25) is 0 Å². The van der Waals surface area contributed by atoms with E-state index in [1.807, 2.05) is 6.07 Å². The molecule has 1 nitrogen and oxygen atoms in total. The molecule has 16 heavy (non-hydrogen) atoms. The second-order valence-corrected chi connectivity index (χ2v) is 5.42. The van der Waals surface area contributed by atoms with Gasteiger partial charge in [-0.1, -0.05) is 43.3 Å². The van der Waals surface area contributed by atoms with Crippen molar-refractivity contribution >= 4 is 11.3 Å². The molecule has 2 aromatic rings. The van der Waals surface area contributed by atoms with E-state index in [1.54, 1.807) is 11.3 Å². The van der Waals surface area contributed by atoms with Crippen molar-refractivity contribution in [1.29, 1.82) is 0 Å². The zero-order valence-corrected chi connectivity index (χ0v) is 10.3. The maximum absolute atomic E-state index is 5.96. The van der Waals surface area contributed by atoms with Gasteiger partial charge in [0.05, 0.1) is 0 Å². The summed E-state index contributed by atoms with van der Waals surface area (Å²) in [7, 11) is 0. The third-order valence-corrected chi connectivity index (χ3v) is 3.94. The molecular formula is C14H17NS. The van der Waals surface area contributed by atoms with Crippen molar-refractivity contribution in [3.8, 4) is 0 Å². The number of thiophene rings is 1. The molecule has 1 heterocycles. The van der Waals surface area contributed by atoms with E-state index < -0.39 is 0 Å². The summed E-state index contributed by atoms with van der Waals surface area (Å²) >= 11 is 1.80. The van der Waals surface area contributed by atoms with Crippen molar-refractivity contribution in [3.63, 3.8) is 0 Å². The Hall–Kier alpha value is -1.12. The number of hydrogen-bond donors (Lipinski definition) is 1. The summed E-state index contributed by atoms with van der Waals surface area (Å²) in [5, 5.41) is 2.12. The van der Waals surface area contributed by atoms with E-state index in [4.69, 9.17) is 5.73 Å². The standard InChI is InChI=1S/C14H17NS/c1-14(11-15,10-13-8-5-9-16-13)12-6-3-2-4-7-12/h2-9H,10-11,15H2,1H3. The first-order chi connectivity index (χ1) is 7.74. The predicted molar refractivity (Wildman–Crippen MR) is 70.9 cm³/mol. The fraction of sp³-hybridized carbons (Fsp3) is 0.286. The van der Waals surface area contributed by atoms with Crippen molar-refractivity contribution in [2.24, 2.45) is 5.73 Å². The maximum Gasteiger partial charge on any atom is 0.00954 e. The second-order valence-electron chi connectivity index (χ2n) is 4.39. The Bertz CT molecular complexity index is 421. The Labute approximate surface area is 101 Å². The summed E-state index contributed by atoms with van der Waals surface area (Å²) in [6.07, 6.45) is 1.02. The van der Waals surface area contributed by atoms with Gasteiger partial charge in [-0.3, -0.25) is 0 Å². The lowest BCUT2D eigenvalue weighted by Crippen LogP contribution is -2.33. The van der Waals surface area contributed by atoms with Gasteiger partial charge < -0.3 is 5.73 Å². The van der Waals surface area contributed by atoms with Crippen LogP contribution in [0.25, 0.3) is 0 Å². The van der Waals surface area contributed by atoms with E-state index in [-0.39, 0.29) is 5.41 Å². The predicted octanol–water partition coefficient (Wildman–Crippen LogP) is 3.21. The molecule has 0 radical (unpaired) electrons. The molecule has 84 valence electrons. The van der Waals surface area contributed by atoms with Crippen LogP contribution >= 0.6 is 11.3 Å². The van der Waals surface area contributed by atoms with Crippen molar-refractivity contribution in [2.75, 3.05) is 6.54 Å². The summed E-state index contributed by atoms with van der Waals surface area (Å²) in [6.45, 7) is 2.91. The SMILES string of the molecule is CC(CN)(Cc1cccs1)c1ccccc1. The number of hydrogen-bond acceptors (Lipinski definition) is 2. The molecule has 1 atom stereocenters. The van der Waals surface area contributed by atoms with Crippen molar-refractivity contribution in [3.05, 3.63) is 58.3 Å². The van der Waals surface area contributed by atoms with Crippen LogP contribution in [-0.2, 0) is 11.8 Å². The molecule has 1 aromatic heterocycles. The molecule has 0 amide bonds. The average Bonchev–Trinajstić information content (AvgIpc) is 2.83. The summed E-state index contributed by atoms with van der Waals surface area (Å²) < 4.78 is 0. The van der Waals surface area contributed by atoms with Crippen LogP contribution in [0.2, 0.25) is 0 Å². The highest BCUT2D eigenvalue weighted by atomic mass is 32.1. The molecule has 0 saturated carbocycles. The molecule has 2 rings (SSSR count). The average molecular weight is 231 g/mol. The lowest BCUT2D eigenvalue weighted by Gasteiger charge is -2.28. The molecule has 0 aliphatic carbocycles. The monoisotopic (exact) mass is 231 g/mol. The quantitative estimate of drug-likeness (QED) is 0.859. The Balaban J connectivity index is 2.26. The normalized spacial score (nSPS) is 14.6. The maximum atomic E-state index is 5.96. The summed E-state index contributed by atoms with van der Waals surface area (Å²) in [5.74, 6) is 0. The van der Waals surface area contributed by atoms with Gasteiger partial charge >= 0.3 is 0 Å². The molecule has 0 aliphatic heterocycles. The zero-order chi connectivity index (χ0) is 11.4. The summed E-state index contributed by atoms with van der Waals surface area (Å²) in [4.78, 5) is 1.40. The fourth-order valence-corrected chi connectivity index (χ4v) is 2.82. The third-order valence-electron chi connectivity index (χ3n) is 3.07. The lowest BCUT2D eigenvalue weighted by molar-refractivity contribution is 0.485. The van der Waals surface area contributed by atoms with Gasteiger partial charge in [0, 0.05) is 16.8 Å². The van der Waals surface area contributed by atoms with Crippen LogP contribution in [0.1, 0.15) is 17.4 Å². The Morgan fingerprint density at radius 2 is 1.88 bits per heavy atom. The molecule has 2 heteroatoms. The first-order valence-electron chi connectivity index (χ1n) is 5.52. The van der Waals surface area contributed by atoms with Gasteiger partial charge in [0.1, 0.15) is 0 Å². The summed E-state index contributed by atoms with van der Waals surface area (Å²) in [5.41, 5.74) is 7.33. The Kier molecular flexibility index (Phi) is 3.42. The number of nitrogens with two attached hydrogens (primary N) is 1. The van der Waals surface area contributed by atoms with Crippen LogP contribution in [0.3, 0.4) is 0 Å². The van der Waals surface area contributed by atoms with Crippen molar-refractivity contribution < 1.29 is 0 Å². The second kappa shape index (κ2) is 4.81. The number of benzene rings is 1. The minimum absolute atomic E-state index is 0.0477.